The number of rotatable bonds is 9. The zero-order chi connectivity index (χ0) is 24.6. The zero-order valence-corrected chi connectivity index (χ0v) is 20.6. The summed E-state index contributed by atoms with van der Waals surface area (Å²) in [6.45, 7) is 2.03. The lowest BCUT2D eigenvalue weighted by atomic mass is 10.1. The molecule has 0 radical (unpaired) electrons. The molecule has 178 valence electrons. The first-order chi connectivity index (χ1) is 17.1. The summed E-state index contributed by atoms with van der Waals surface area (Å²) in [6, 6.07) is 23.2. The Morgan fingerprint density at radius 3 is 2.46 bits per heavy atom. The second-order valence-corrected chi connectivity index (χ2v) is 8.76. The Hall–Kier alpha value is -4.17. The van der Waals surface area contributed by atoms with Gasteiger partial charge in [-0.25, -0.2) is 4.98 Å². The van der Waals surface area contributed by atoms with E-state index in [0.717, 1.165) is 22.3 Å². The van der Waals surface area contributed by atoms with Crippen molar-refractivity contribution in [1.82, 2.24) is 4.98 Å². The number of aryl methyl sites for hydroxylation is 1. The normalized spacial score (nSPS) is 10.8. The van der Waals surface area contributed by atoms with Crippen molar-refractivity contribution in [2.75, 3.05) is 25.0 Å². The number of anilines is 2. The van der Waals surface area contributed by atoms with Crippen LogP contribution in [0, 0.1) is 6.92 Å². The Kier molecular flexibility index (Phi) is 7.74. The number of hydrazone groups is 1. The fourth-order valence-corrected chi connectivity index (χ4v) is 4.26. The number of hydrogen-bond acceptors (Lipinski definition) is 7. The number of thiazole rings is 1. The molecule has 7 nitrogen and oxygen atoms in total. The molecule has 2 N–H and O–H groups in total. The summed E-state index contributed by atoms with van der Waals surface area (Å²) < 4.78 is 10.6. The lowest BCUT2D eigenvalue weighted by Crippen LogP contribution is -2.14. The van der Waals surface area contributed by atoms with Gasteiger partial charge >= 0.3 is 0 Å². The van der Waals surface area contributed by atoms with Crippen molar-refractivity contribution in [3.05, 3.63) is 89.5 Å². The second-order valence-electron chi connectivity index (χ2n) is 7.76. The third-order valence-corrected chi connectivity index (χ3v) is 6.07. The highest BCUT2D eigenvalue weighted by molar-refractivity contribution is 7.20. The van der Waals surface area contributed by atoms with E-state index in [0.29, 0.717) is 27.3 Å². The number of hydrogen-bond donors (Lipinski definition) is 2. The summed E-state index contributed by atoms with van der Waals surface area (Å²) in [5, 5.41) is 8.57. The van der Waals surface area contributed by atoms with Gasteiger partial charge in [0.1, 0.15) is 10.7 Å². The van der Waals surface area contributed by atoms with Gasteiger partial charge in [-0.15, -0.1) is 0 Å². The first-order valence-corrected chi connectivity index (χ1v) is 11.8. The molecule has 1 heterocycles. The maximum atomic E-state index is 12.7. The van der Waals surface area contributed by atoms with Crippen LogP contribution in [0.2, 0.25) is 0 Å². The highest BCUT2D eigenvalue weighted by Gasteiger charge is 2.16. The van der Waals surface area contributed by atoms with E-state index in [-0.39, 0.29) is 12.3 Å². The number of nitrogens with zero attached hydrogens (tertiary/aromatic N) is 2. The largest absolute Gasteiger partial charge is 0.493 e. The summed E-state index contributed by atoms with van der Waals surface area (Å²) in [5.41, 5.74) is 7.52. The maximum absolute atomic E-state index is 12.7. The average molecular weight is 487 g/mol. The van der Waals surface area contributed by atoms with E-state index in [1.165, 1.54) is 11.3 Å². The molecule has 0 saturated heterocycles. The topological polar surface area (TPSA) is 84.8 Å². The van der Waals surface area contributed by atoms with Crippen LogP contribution in [-0.4, -0.2) is 31.3 Å². The van der Waals surface area contributed by atoms with Crippen molar-refractivity contribution in [3.8, 4) is 22.8 Å². The minimum atomic E-state index is -0.103. The van der Waals surface area contributed by atoms with E-state index >= 15 is 0 Å². The van der Waals surface area contributed by atoms with Gasteiger partial charge in [-0.3, -0.25) is 10.2 Å². The predicted molar refractivity (Wildman–Crippen MR) is 142 cm³/mol. The number of benzene rings is 3. The van der Waals surface area contributed by atoms with Crippen LogP contribution in [0.25, 0.3) is 11.3 Å². The van der Waals surface area contributed by atoms with Crippen LogP contribution in [0.1, 0.15) is 16.7 Å². The molecule has 0 aliphatic rings. The van der Waals surface area contributed by atoms with Gasteiger partial charge in [0, 0.05) is 5.56 Å². The highest BCUT2D eigenvalue weighted by Crippen LogP contribution is 2.36. The van der Waals surface area contributed by atoms with E-state index < -0.39 is 0 Å². The van der Waals surface area contributed by atoms with E-state index in [9.17, 15) is 4.79 Å². The summed E-state index contributed by atoms with van der Waals surface area (Å²) in [6.07, 6.45) is 1.95. The van der Waals surface area contributed by atoms with Gasteiger partial charge in [-0.1, -0.05) is 71.5 Å². The lowest BCUT2D eigenvalue weighted by molar-refractivity contribution is -0.115. The van der Waals surface area contributed by atoms with E-state index in [4.69, 9.17) is 14.5 Å². The molecule has 3 aromatic carbocycles. The van der Waals surface area contributed by atoms with Crippen LogP contribution < -0.4 is 20.2 Å². The Morgan fingerprint density at radius 1 is 1.00 bits per heavy atom. The van der Waals surface area contributed by atoms with Gasteiger partial charge in [0.05, 0.1) is 26.9 Å². The molecule has 0 aliphatic carbocycles. The van der Waals surface area contributed by atoms with Gasteiger partial charge < -0.3 is 14.8 Å². The third kappa shape index (κ3) is 6.24. The number of ether oxygens (including phenoxy) is 2. The van der Waals surface area contributed by atoms with E-state index in [2.05, 4.69) is 15.8 Å². The molecule has 0 atom stereocenters. The molecule has 4 rings (SSSR count). The molecule has 1 amide bonds. The Balaban J connectivity index is 1.54. The zero-order valence-electron chi connectivity index (χ0n) is 19.7. The summed E-state index contributed by atoms with van der Waals surface area (Å²) in [5.74, 6) is 1.17. The Morgan fingerprint density at radius 2 is 1.74 bits per heavy atom. The molecule has 0 saturated carbocycles. The Bertz CT molecular complexity index is 1320. The molecule has 0 spiro atoms. The van der Waals surface area contributed by atoms with Gasteiger partial charge in [0.15, 0.2) is 11.5 Å². The van der Waals surface area contributed by atoms with Gasteiger partial charge in [0.2, 0.25) is 11.0 Å². The number of nitrogens with one attached hydrogen (secondary N) is 2. The van der Waals surface area contributed by atoms with Crippen molar-refractivity contribution in [3.63, 3.8) is 0 Å². The second kappa shape index (κ2) is 11.3. The van der Waals surface area contributed by atoms with Crippen molar-refractivity contribution in [2.45, 2.75) is 13.3 Å². The van der Waals surface area contributed by atoms with Crippen LogP contribution in [0.15, 0.2) is 77.9 Å². The molecule has 0 aliphatic heterocycles. The minimum absolute atomic E-state index is 0.103. The van der Waals surface area contributed by atoms with Crippen LogP contribution in [0.3, 0.4) is 0 Å². The number of carbonyl (C=O) groups is 1. The van der Waals surface area contributed by atoms with Gasteiger partial charge in [0.25, 0.3) is 0 Å². The first kappa shape index (κ1) is 24.0. The predicted octanol–water partition coefficient (Wildman–Crippen LogP) is 5.76. The summed E-state index contributed by atoms with van der Waals surface area (Å²) in [4.78, 5) is 17.4. The highest BCUT2D eigenvalue weighted by atomic mass is 32.1. The average Bonchev–Trinajstić information content (AvgIpc) is 3.27. The van der Waals surface area contributed by atoms with Gasteiger partial charge in [-0.05, 0) is 36.2 Å². The number of methoxy groups -OCH3 is 2. The molecule has 35 heavy (non-hydrogen) atoms. The summed E-state index contributed by atoms with van der Waals surface area (Å²) >= 11 is 1.33. The van der Waals surface area contributed by atoms with Crippen LogP contribution >= 0.6 is 11.3 Å². The Labute approximate surface area is 208 Å². The first-order valence-electron chi connectivity index (χ1n) is 11.0. The molecule has 0 unspecified atom stereocenters. The fourth-order valence-electron chi connectivity index (χ4n) is 3.41. The molecular weight excluding hydrogens is 460 g/mol. The standard InChI is InChI=1S/C27H26N4O3S/c1-18-9-12-21(13-10-18)25-26(29-24(32)16-19-7-5-4-6-8-19)35-27(30-25)31-28-17-20-11-14-22(33-2)23(15-20)34-3/h4-15,17H,16H2,1-3H3,(H,29,32)(H,30,31)/b28-17-. The number of aromatic nitrogens is 1. The number of amides is 1. The fraction of sp³-hybridized carbons (Fsp3) is 0.148. The molecular formula is C27H26N4O3S. The third-order valence-electron chi connectivity index (χ3n) is 5.19. The van der Waals surface area contributed by atoms with Crippen LogP contribution in [0.4, 0.5) is 10.1 Å². The maximum Gasteiger partial charge on any atom is 0.229 e. The van der Waals surface area contributed by atoms with Crippen LogP contribution in [-0.2, 0) is 11.2 Å². The molecule has 1 aromatic heterocycles. The molecule has 0 bridgehead atoms. The summed E-state index contributed by atoms with van der Waals surface area (Å²) in [7, 11) is 3.18. The molecule has 4 aromatic rings. The van der Waals surface area contributed by atoms with Crippen molar-refractivity contribution in [1.29, 1.82) is 0 Å². The monoisotopic (exact) mass is 486 g/mol. The van der Waals surface area contributed by atoms with Crippen molar-refractivity contribution < 1.29 is 14.3 Å². The smallest absolute Gasteiger partial charge is 0.229 e. The van der Waals surface area contributed by atoms with Crippen molar-refractivity contribution >= 4 is 33.6 Å². The SMILES string of the molecule is COc1ccc(/C=N\Nc2nc(-c3ccc(C)cc3)c(NC(=O)Cc3ccccc3)s2)cc1OC. The molecule has 8 heteroatoms. The minimum Gasteiger partial charge on any atom is -0.493 e. The van der Waals surface area contributed by atoms with Crippen molar-refractivity contribution in [2.24, 2.45) is 5.10 Å². The molecule has 0 fully saturated rings. The van der Waals surface area contributed by atoms with E-state index in [1.807, 2.05) is 79.7 Å². The van der Waals surface area contributed by atoms with Gasteiger partial charge in [-0.2, -0.15) is 5.10 Å². The van der Waals surface area contributed by atoms with E-state index in [1.54, 1.807) is 20.4 Å². The number of carbonyl (C=O) groups excluding carboxylic acids is 1. The quantitative estimate of drug-likeness (QED) is 0.232. The van der Waals surface area contributed by atoms with Crippen LogP contribution in [0.5, 0.6) is 11.5 Å². The lowest BCUT2D eigenvalue weighted by Gasteiger charge is -2.07.